The van der Waals surface area contributed by atoms with Crippen molar-refractivity contribution < 1.29 is 28.7 Å². The molecule has 47 heavy (non-hydrogen) atoms. The number of hydrogen-bond acceptors (Lipinski definition) is 6. The zero-order chi connectivity index (χ0) is 35.4. The summed E-state index contributed by atoms with van der Waals surface area (Å²) in [5.74, 6) is -1.41. The van der Waals surface area contributed by atoms with Gasteiger partial charge in [-0.2, -0.15) is 0 Å². The van der Waals surface area contributed by atoms with Crippen molar-refractivity contribution in [3.05, 3.63) is 71.3 Å². The maximum atomic E-state index is 14.5. The number of unbranched alkanes of at least 4 members (excludes halogenated alkanes) is 1. The monoisotopic (exact) mass is 651 g/mol. The minimum atomic E-state index is -1.07. The molecule has 0 bridgehead atoms. The first-order valence-corrected chi connectivity index (χ1v) is 16.9. The Bertz CT molecular complexity index is 1300. The molecule has 3 amide bonds. The molecule has 0 saturated carbocycles. The molecule has 9 heteroatoms. The number of hydrogen-bond donors (Lipinski definition) is 2. The van der Waals surface area contributed by atoms with E-state index in [-0.39, 0.29) is 18.9 Å². The third kappa shape index (κ3) is 13.8. The summed E-state index contributed by atoms with van der Waals surface area (Å²) in [5, 5.41) is 5.74. The molecule has 0 heterocycles. The number of rotatable bonds is 15. The van der Waals surface area contributed by atoms with Crippen molar-refractivity contribution in [2.75, 3.05) is 6.54 Å². The average Bonchev–Trinajstić information content (AvgIpc) is 2.96. The molecule has 0 saturated heterocycles. The smallest absolute Gasteiger partial charge is 0.408 e. The van der Waals surface area contributed by atoms with Crippen molar-refractivity contribution in [1.82, 2.24) is 15.5 Å². The molecule has 0 radical (unpaired) electrons. The van der Waals surface area contributed by atoms with E-state index in [1.807, 2.05) is 82.3 Å². The fraction of sp³-hybridized carbons (Fsp3) is 0.579. The summed E-state index contributed by atoms with van der Waals surface area (Å²) in [4.78, 5) is 57.0. The topological polar surface area (TPSA) is 114 Å². The second-order valence-corrected chi connectivity index (χ2v) is 14.5. The predicted molar refractivity (Wildman–Crippen MR) is 186 cm³/mol. The van der Waals surface area contributed by atoms with E-state index in [4.69, 9.17) is 9.47 Å². The molecule has 0 fully saturated rings. The van der Waals surface area contributed by atoms with Crippen molar-refractivity contribution in [3.63, 3.8) is 0 Å². The fourth-order valence-electron chi connectivity index (χ4n) is 5.11. The van der Waals surface area contributed by atoms with Crippen molar-refractivity contribution in [2.24, 2.45) is 5.92 Å². The highest BCUT2D eigenvalue weighted by Crippen LogP contribution is 2.26. The van der Waals surface area contributed by atoms with E-state index < -0.39 is 53.2 Å². The largest absolute Gasteiger partial charge is 0.458 e. The number of carbonyl (C=O) groups excluding carboxylic acids is 4. The van der Waals surface area contributed by atoms with E-state index in [1.165, 1.54) is 0 Å². The number of aryl methyl sites for hydroxylation is 1. The molecule has 260 valence electrons. The number of carbonyl (C=O) groups is 4. The molecule has 0 aliphatic heterocycles. The SMILES string of the molecule is CCCCN(C(=O)C(CC(C)C)NC(=O)OC(C)(C)C)C(C(=O)NC(Cc1ccccc1)C(=O)OC(C)(C)C)c1ccc(CC)cc1. The van der Waals surface area contributed by atoms with Crippen LogP contribution in [0.25, 0.3) is 0 Å². The Kier molecular flexibility index (Phi) is 14.9. The normalized spacial score (nSPS) is 13.7. The van der Waals surface area contributed by atoms with Crippen LogP contribution < -0.4 is 10.6 Å². The van der Waals surface area contributed by atoms with Crippen LogP contribution in [-0.4, -0.2) is 58.6 Å². The molecule has 0 aliphatic carbocycles. The molecule has 0 aromatic heterocycles. The van der Waals surface area contributed by atoms with Crippen molar-refractivity contribution in [1.29, 1.82) is 0 Å². The quantitative estimate of drug-likeness (QED) is 0.202. The van der Waals surface area contributed by atoms with Crippen molar-refractivity contribution in [2.45, 2.75) is 131 Å². The van der Waals surface area contributed by atoms with Crippen LogP contribution in [0.4, 0.5) is 4.79 Å². The Labute approximate surface area is 282 Å². The first kappa shape index (κ1) is 39.3. The highest BCUT2D eigenvalue weighted by molar-refractivity contribution is 5.94. The van der Waals surface area contributed by atoms with Gasteiger partial charge in [-0.25, -0.2) is 9.59 Å². The molecule has 2 aromatic rings. The summed E-state index contributed by atoms with van der Waals surface area (Å²) in [6.45, 7) is 18.9. The number of amides is 3. The number of ether oxygens (including phenoxy) is 2. The minimum absolute atomic E-state index is 0.0606. The second-order valence-electron chi connectivity index (χ2n) is 14.5. The van der Waals surface area contributed by atoms with Crippen LogP contribution in [0.1, 0.15) is 111 Å². The van der Waals surface area contributed by atoms with E-state index in [0.717, 1.165) is 24.0 Å². The number of benzene rings is 2. The molecule has 9 nitrogen and oxygen atoms in total. The van der Waals surface area contributed by atoms with Crippen molar-refractivity contribution in [3.8, 4) is 0 Å². The molecular weight excluding hydrogens is 594 g/mol. The van der Waals surface area contributed by atoms with Crippen LogP contribution >= 0.6 is 0 Å². The second kappa shape index (κ2) is 17.9. The molecule has 3 atom stereocenters. The fourth-order valence-corrected chi connectivity index (χ4v) is 5.11. The van der Waals surface area contributed by atoms with Crippen LogP contribution in [0, 0.1) is 5.92 Å². The van der Waals surface area contributed by atoms with Gasteiger partial charge in [0.15, 0.2) is 0 Å². The van der Waals surface area contributed by atoms with Gasteiger partial charge in [-0.15, -0.1) is 0 Å². The summed E-state index contributed by atoms with van der Waals surface area (Å²) in [6.07, 6.45) is 2.07. The van der Waals surface area contributed by atoms with E-state index >= 15 is 0 Å². The number of alkyl carbamates (subject to hydrolysis) is 1. The third-order valence-corrected chi connectivity index (χ3v) is 7.29. The number of nitrogens with one attached hydrogen (secondary N) is 2. The van der Waals surface area contributed by atoms with Gasteiger partial charge in [-0.1, -0.05) is 88.7 Å². The Morgan fingerprint density at radius 2 is 1.36 bits per heavy atom. The van der Waals surface area contributed by atoms with E-state index in [9.17, 15) is 19.2 Å². The van der Waals surface area contributed by atoms with Crippen LogP contribution in [0.2, 0.25) is 0 Å². The van der Waals surface area contributed by atoms with Gasteiger partial charge < -0.3 is 25.0 Å². The maximum Gasteiger partial charge on any atom is 0.408 e. The van der Waals surface area contributed by atoms with Gasteiger partial charge in [-0.3, -0.25) is 9.59 Å². The Balaban J connectivity index is 2.62. The molecule has 0 aliphatic rings. The number of nitrogens with zero attached hydrogens (tertiary/aromatic N) is 1. The van der Waals surface area contributed by atoms with E-state index in [1.54, 1.807) is 46.4 Å². The first-order chi connectivity index (χ1) is 21.9. The van der Waals surface area contributed by atoms with Crippen molar-refractivity contribution >= 4 is 23.9 Å². The molecule has 3 unspecified atom stereocenters. The van der Waals surface area contributed by atoms with E-state index in [2.05, 4.69) is 10.6 Å². The molecule has 2 rings (SSSR count). The summed E-state index contributed by atoms with van der Waals surface area (Å²) >= 11 is 0. The van der Waals surface area contributed by atoms with Gasteiger partial charge in [-0.05, 0) is 83.4 Å². The Morgan fingerprint density at radius 3 is 1.87 bits per heavy atom. The van der Waals surface area contributed by atoms with Gasteiger partial charge in [0.25, 0.3) is 0 Å². The van der Waals surface area contributed by atoms with Crippen LogP contribution in [0.5, 0.6) is 0 Å². The van der Waals surface area contributed by atoms with Gasteiger partial charge in [0.05, 0.1) is 0 Å². The molecule has 2 N–H and O–H groups in total. The Hall–Kier alpha value is -3.88. The number of esters is 1. The lowest BCUT2D eigenvalue weighted by atomic mass is 9.97. The molecule has 2 aromatic carbocycles. The summed E-state index contributed by atoms with van der Waals surface area (Å²) in [5.41, 5.74) is 1.01. The lowest BCUT2D eigenvalue weighted by molar-refractivity contribution is -0.159. The van der Waals surface area contributed by atoms with Gasteiger partial charge in [0.1, 0.15) is 29.3 Å². The zero-order valence-corrected chi connectivity index (χ0v) is 30.1. The van der Waals surface area contributed by atoms with Crippen LogP contribution in [0.3, 0.4) is 0 Å². The lowest BCUT2D eigenvalue weighted by Crippen LogP contribution is -2.55. The average molecular weight is 652 g/mol. The van der Waals surface area contributed by atoms with Gasteiger partial charge in [0, 0.05) is 13.0 Å². The zero-order valence-electron chi connectivity index (χ0n) is 30.1. The predicted octanol–water partition coefficient (Wildman–Crippen LogP) is 6.93. The standard InChI is InChI=1S/C38H57N3O6/c1-11-13-23-41(34(43)30(24-26(3)4)40-36(45)47-38(8,9)10)32(29-21-19-27(12-2)20-22-29)33(42)39-31(35(44)46-37(5,6)7)25-28-17-15-14-16-18-28/h14-22,26,30-32H,11-13,23-25H2,1-10H3,(H,39,42)(H,40,45). The molecular formula is C38H57N3O6. The van der Waals surface area contributed by atoms with E-state index in [0.29, 0.717) is 18.4 Å². The first-order valence-electron chi connectivity index (χ1n) is 16.9. The summed E-state index contributed by atoms with van der Waals surface area (Å²) < 4.78 is 11.2. The maximum absolute atomic E-state index is 14.5. The highest BCUT2D eigenvalue weighted by Gasteiger charge is 2.38. The minimum Gasteiger partial charge on any atom is -0.458 e. The molecule has 0 spiro atoms. The summed E-state index contributed by atoms with van der Waals surface area (Å²) in [6, 6.07) is 14.0. The summed E-state index contributed by atoms with van der Waals surface area (Å²) in [7, 11) is 0. The van der Waals surface area contributed by atoms with Crippen LogP contribution in [0.15, 0.2) is 54.6 Å². The van der Waals surface area contributed by atoms with Crippen LogP contribution in [-0.2, 0) is 36.7 Å². The lowest BCUT2D eigenvalue weighted by Gasteiger charge is -2.36. The third-order valence-electron chi connectivity index (χ3n) is 7.29. The highest BCUT2D eigenvalue weighted by atomic mass is 16.6. The van der Waals surface area contributed by atoms with Gasteiger partial charge in [0.2, 0.25) is 11.8 Å². The Morgan fingerprint density at radius 1 is 0.766 bits per heavy atom. The van der Waals surface area contributed by atoms with Gasteiger partial charge >= 0.3 is 12.1 Å².